The van der Waals surface area contributed by atoms with Gasteiger partial charge in [0.15, 0.2) is 0 Å². The van der Waals surface area contributed by atoms with Crippen molar-refractivity contribution in [3.63, 3.8) is 0 Å². The number of amides is 1. The highest BCUT2D eigenvalue weighted by Crippen LogP contribution is 2.32. The van der Waals surface area contributed by atoms with Gasteiger partial charge in [-0.25, -0.2) is 14.4 Å². The normalized spacial score (nSPS) is 15.8. The molecule has 12 heteroatoms. The lowest BCUT2D eigenvalue weighted by molar-refractivity contribution is -0.111. The zero-order valence-corrected chi connectivity index (χ0v) is 26.0. The van der Waals surface area contributed by atoms with E-state index in [1.54, 1.807) is 36.5 Å². The van der Waals surface area contributed by atoms with E-state index in [-0.39, 0.29) is 12.4 Å². The molecule has 47 heavy (non-hydrogen) atoms. The largest absolute Gasteiger partial charge is 0.379 e. The van der Waals surface area contributed by atoms with E-state index in [9.17, 15) is 10.1 Å². The van der Waals surface area contributed by atoms with E-state index in [2.05, 4.69) is 45.1 Å². The lowest BCUT2D eigenvalue weighted by Crippen LogP contribution is -2.37. The molecule has 2 aliphatic rings. The molecular formula is C35H37FN8O3. The zero-order valence-electron chi connectivity index (χ0n) is 26.0. The summed E-state index contributed by atoms with van der Waals surface area (Å²) in [4.78, 5) is 25.7. The number of anilines is 5. The fraction of sp³-hybridized carbons (Fsp3) is 0.257. The topological polar surface area (TPSA) is 128 Å². The molecule has 2 saturated heterocycles. The smallest absolute Gasteiger partial charge is 0.247 e. The molecule has 2 aromatic carbocycles. The van der Waals surface area contributed by atoms with Gasteiger partial charge in [0, 0.05) is 54.5 Å². The standard InChI is InChI=1S/C35H37FN8O3/c1-3-6-28(20-27(36)24-43-9-13-46-14-10-43)39-32-23-38-35(41-29-7-5-8-31(21-29)44-11-15-47-16-12-44)42-34(32)26-17-25(22-37)18-30(19-26)40-33(45)4-2/h3-8,17-21,23,39H,1-2,9-16,24H2,(H,40,45)(H,38,41,42)/b27-20+,28-6+. The van der Waals surface area contributed by atoms with Crippen LogP contribution in [0.3, 0.4) is 0 Å². The number of carbonyl (C=O) groups is 1. The Balaban J connectivity index is 1.50. The van der Waals surface area contributed by atoms with Crippen LogP contribution in [-0.2, 0) is 14.3 Å². The quantitative estimate of drug-likeness (QED) is 0.176. The van der Waals surface area contributed by atoms with Crippen LogP contribution in [0.1, 0.15) is 5.56 Å². The molecule has 3 heterocycles. The van der Waals surface area contributed by atoms with Crippen LogP contribution in [0, 0.1) is 11.3 Å². The van der Waals surface area contributed by atoms with Crippen molar-refractivity contribution in [2.45, 2.75) is 0 Å². The molecule has 2 aliphatic heterocycles. The second kappa shape index (κ2) is 16.3. The number of halogens is 1. The predicted octanol–water partition coefficient (Wildman–Crippen LogP) is 5.39. The number of benzene rings is 2. The number of carbonyl (C=O) groups excluding carboxylic acids is 1. The zero-order chi connectivity index (χ0) is 33.0. The number of nitriles is 1. The molecule has 1 amide bonds. The van der Waals surface area contributed by atoms with Crippen LogP contribution in [0.15, 0.2) is 97.6 Å². The molecule has 2 fully saturated rings. The minimum Gasteiger partial charge on any atom is -0.379 e. The summed E-state index contributed by atoms with van der Waals surface area (Å²) in [5.41, 5.74) is 4.32. The van der Waals surface area contributed by atoms with Gasteiger partial charge in [0.05, 0.1) is 62.2 Å². The van der Waals surface area contributed by atoms with E-state index in [1.807, 2.05) is 29.2 Å². The molecule has 0 radical (unpaired) electrons. The first-order valence-corrected chi connectivity index (χ1v) is 15.3. The van der Waals surface area contributed by atoms with Crippen LogP contribution >= 0.6 is 0 Å². The van der Waals surface area contributed by atoms with Gasteiger partial charge in [-0.1, -0.05) is 25.3 Å². The number of rotatable bonds is 12. The van der Waals surface area contributed by atoms with Crippen molar-refractivity contribution >= 4 is 34.6 Å². The van der Waals surface area contributed by atoms with Gasteiger partial charge in [0.1, 0.15) is 5.83 Å². The van der Waals surface area contributed by atoms with Crippen LogP contribution in [-0.4, -0.2) is 79.9 Å². The monoisotopic (exact) mass is 636 g/mol. The van der Waals surface area contributed by atoms with Crippen LogP contribution in [0.4, 0.5) is 33.1 Å². The highest BCUT2D eigenvalue weighted by atomic mass is 19.1. The Hall–Kier alpha value is -5.35. The molecule has 0 atom stereocenters. The van der Waals surface area contributed by atoms with Crippen molar-refractivity contribution in [2.75, 3.05) is 80.0 Å². The van der Waals surface area contributed by atoms with Crippen molar-refractivity contribution < 1.29 is 18.7 Å². The first kappa shape index (κ1) is 33.0. The van der Waals surface area contributed by atoms with Crippen LogP contribution in [0.25, 0.3) is 11.3 Å². The highest BCUT2D eigenvalue weighted by Gasteiger charge is 2.17. The van der Waals surface area contributed by atoms with Crippen LogP contribution in [0.5, 0.6) is 0 Å². The average molecular weight is 637 g/mol. The van der Waals surface area contributed by atoms with E-state index in [0.29, 0.717) is 79.4 Å². The average Bonchev–Trinajstić information content (AvgIpc) is 3.09. The van der Waals surface area contributed by atoms with Crippen molar-refractivity contribution in [1.29, 1.82) is 5.26 Å². The van der Waals surface area contributed by atoms with Crippen molar-refractivity contribution in [3.8, 4) is 17.3 Å². The molecule has 0 bridgehead atoms. The molecule has 11 nitrogen and oxygen atoms in total. The summed E-state index contributed by atoms with van der Waals surface area (Å²) < 4.78 is 26.1. The van der Waals surface area contributed by atoms with E-state index in [0.717, 1.165) is 30.5 Å². The van der Waals surface area contributed by atoms with E-state index < -0.39 is 5.91 Å². The number of hydrogen-bond acceptors (Lipinski definition) is 10. The molecule has 0 spiro atoms. The molecule has 3 aromatic rings. The third-order valence-electron chi connectivity index (χ3n) is 7.42. The minimum atomic E-state index is -0.424. The number of hydrogen-bond donors (Lipinski definition) is 3. The summed E-state index contributed by atoms with van der Waals surface area (Å²) in [6.07, 6.45) is 7.34. The molecule has 0 aliphatic carbocycles. The maximum absolute atomic E-state index is 15.2. The Bertz CT molecular complexity index is 1710. The summed E-state index contributed by atoms with van der Waals surface area (Å²) in [5.74, 6) is -0.465. The van der Waals surface area contributed by atoms with E-state index >= 15 is 4.39 Å². The second-order valence-corrected chi connectivity index (χ2v) is 10.8. The van der Waals surface area contributed by atoms with Gasteiger partial charge in [-0.3, -0.25) is 9.69 Å². The summed E-state index contributed by atoms with van der Waals surface area (Å²) >= 11 is 0. The van der Waals surface area contributed by atoms with Gasteiger partial charge < -0.3 is 30.3 Å². The minimum absolute atomic E-state index is 0.145. The van der Waals surface area contributed by atoms with Crippen molar-refractivity contribution in [3.05, 3.63) is 103 Å². The van der Waals surface area contributed by atoms with Crippen LogP contribution < -0.4 is 20.9 Å². The van der Waals surface area contributed by atoms with E-state index in [1.165, 1.54) is 6.08 Å². The Morgan fingerprint density at radius 2 is 1.79 bits per heavy atom. The Labute approximate surface area is 273 Å². The molecule has 3 N–H and O–H groups in total. The van der Waals surface area contributed by atoms with Gasteiger partial charge in [0.25, 0.3) is 0 Å². The molecule has 242 valence electrons. The number of ether oxygens (including phenoxy) is 2. The maximum atomic E-state index is 15.2. The lowest BCUT2D eigenvalue weighted by atomic mass is 10.1. The van der Waals surface area contributed by atoms with Gasteiger partial charge in [-0.2, -0.15) is 5.26 Å². The molecule has 0 unspecified atom stereocenters. The first-order valence-electron chi connectivity index (χ1n) is 15.3. The Kier molecular flexibility index (Phi) is 11.4. The van der Waals surface area contributed by atoms with Crippen molar-refractivity contribution in [1.82, 2.24) is 14.9 Å². The Morgan fingerprint density at radius 3 is 2.51 bits per heavy atom. The number of nitrogens with zero attached hydrogens (tertiary/aromatic N) is 5. The maximum Gasteiger partial charge on any atom is 0.247 e. The first-order chi connectivity index (χ1) is 22.9. The van der Waals surface area contributed by atoms with Crippen LogP contribution in [0.2, 0.25) is 0 Å². The number of morpholine rings is 2. The second-order valence-electron chi connectivity index (χ2n) is 10.8. The number of allylic oxidation sites excluding steroid dienone is 3. The summed E-state index contributed by atoms with van der Waals surface area (Å²) in [6, 6.07) is 15.0. The SMILES string of the molecule is C=C/C=C(\C=C(\F)CN1CCOCC1)Nc1cnc(Nc2cccc(N3CCOCC3)c2)nc1-c1cc(C#N)cc(NC(=O)C=C)c1. The number of nitrogens with one attached hydrogen (secondary N) is 3. The lowest BCUT2D eigenvalue weighted by Gasteiger charge is -2.29. The summed E-state index contributed by atoms with van der Waals surface area (Å²) in [5, 5.41) is 19.0. The highest BCUT2D eigenvalue weighted by molar-refractivity contribution is 5.99. The van der Waals surface area contributed by atoms with Gasteiger partial charge in [-0.15, -0.1) is 0 Å². The molecular weight excluding hydrogens is 599 g/mol. The molecule has 0 saturated carbocycles. The molecule has 5 rings (SSSR count). The molecule has 1 aromatic heterocycles. The van der Waals surface area contributed by atoms with E-state index in [4.69, 9.17) is 14.5 Å². The van der Waals surface area contributed by atoms with Gasteiger partial charge in [0.2, 0.25) is 11.9 Å². The van der Waals surface area contributed by atoms with Crippen molar-refractivity contribution in [2.24, 2.45) is 0 Å². The van der Waals surface area contributed by atoms with Gasteiger partial charge in [-0.05, 0) is 54.6 Å². The summed E-state index contributed by atoms with van der Waals surface area (Å²) in [7, 11) is 0. The van der Waals surface area contributed by atoms with Gasteiger partial charge >= 0.3 is 0 Å². The third kappa shape index (κ3) is 9.34. The summed E-state index contributed by atoms with van der Waals surface area (Å²) in [6.45, 7) is 12.8. The number of aromatic nitrogens is 2. The Morgan fingerprint density at radius 1 is 1.02 bits per heavy atom. The predicted molar refractivity (Wildman–Crippen MR) is 182 cm³/mol. The fourth-order valence-corrected chi connectivity index (χ4v) is 5.17. The third-order valence-corrected chi connectivity index (χ3v) is 7.42. The fourth-order valence-electron chi connectivity index (χ4n) is 5.17.